The largest absolute Gasteiger partial charge is 0.343 e. The van der Waals surface area contributed by atoms with Gasteiger partial charge in [-0.25, -0.2) is 13.2 Å². The van der Waals surface area contributed by atoms with E-state index in [0.29, 0.717) is 6.07 Å². The number of halogens is 3. The van der Waals surface area contributed by atoms with Crippen molar-refractivity contribution in [1.82, 2.24) is 5.32 Å². The summed E-state index contributed by atoms with van der Waals surface area (Å²) in [5.41, 5.74) is 1.50. The third-order valence-electron chi connectivity index (χ3n) is 3.94. The van der Waals surface area contributed by atoms with Crippen LogP contribution in [0.2, 0.25) is 0 Å². The predicted molar refractivity (Wildman–Crippen MR) is 102 cm³/mol. The van der Waals surface area contributed by atoms with Crippen molar-refractivity contribution in [3.05, 3.63) is 71.1 Å². The van der Waals surface area contributed by atoms with E-state index in [1.54, 1.807) is 6.08 Å². The second-order valence-corrected chi connectivity index (χ2v) is 7.19. The lowest BCUT2D eigenvalue weighted by molar-refractivity contribution is -0.121. The van der Waals surface area contributed by atoms with Crippen LogP contribution in [-0.2, 0) is 15.0 Å². The van der Waals surface area contributed by atoms with E-state index in [0.717, 1.165) is 17.2 Å². The van der Waals surface area contributed by atoms with E-state index >= 15 is 0 Å². The van der Waals surface area contributed by atoms with Gasteiger partial charge in [0.05, 0.1) is 12.2 Å². The molecule has 2 rings (SSSR count). The summed E-state index contributed by atoms with van der Waals surface area (Å²) in [5.74, 6) is -5.84. The van der Waals surface area contributed by atoms with Crippen molar-refractivity contribution in [3.8, 4) is 0 Å². The summed E-state index contributed by atoms with van der Waals surface area (Å²) >= 11 is 0. The maximum atomic E-state index is 13.5. The Bertz CT molecular complexity index is 901. The van der Waals surface area contributed by atoms with E-state index in [1.807, 2.05) is 24.3 Å². The summed E-state index contributed by atoms with van der Waals surface area (Å²) in [6, 6.07) is 9.30. The second kappa shape index (κ2) is 8.73. The third-order valence-corrected chi connectivity index (χ3v) is 3.94. The first kappa shape index (κ1) is 21.2. The van der Waals surface area contributed by atoms with Crippen LogP contribution in [0, 0.1) is 17.5 Å². The highest BCUT2D eigenvalue weighted by Gasteiger charge is 2.15. The molecule has 0 saturated carbocycles. The molecule has 7 heteroatoms. The Hall–Kier alpha value is -3.09. The lowest BCUT2D eigenvalue weighted by Gasteiger charge is -2.18. The minimum Gasteiger partial charge on any atom is -0.343 e. The zero-order valence-corrected chi connectivity index (χ0v) is 15.8. The molecule has 0 atom stereocenters. The number of hydrogen-bond donors (Lipinski definition) is 2. The van der Waals surface area contributed by atoms with Crippen molar-refractivity contribution in [1.29, 1.82) is 0 Å². The summed E-state index contributed by atoms with van der Waals surface area (Å²) in [6.07, 6.45) is 2.85. The van der Waals surface area contributed by atoms with Crippen LogP contribution in [0.4, 0.5) is 18.9 Å². The molecule has 0 aliphatic carbocycles. The standard InChI is InChI=1S/C21H21F3N2O2/c1-21(2,3)14-7-4-13(5-8-14)6-11-17(27)25-12-18(28)26-16-10-9-15(22)19(23)20(16)24/h4-11H,12H2,1-3H3,(H,25,27)(H,26,28)/b11-6+. The molecule has 4 nitrogen and oxygen atoms in total. The number of hydrogen-bond acceptors (Lipinski definition) is 2. The highest BCUT2D eigenvalue weighted by atomic mass is 19.2. The van der Waals surface area contributed by atoms with Gasteiger partial charge in [-0.2, -0.15) is 0 Å². The Kier molecular flexibility index (Phi) is 6.62. The molecule has 2 aromatic rings. The number of anilines is 1. The smallest absolute Gasteiger partial charge is 0.244 e. The predicted octanol–water partition coefficient (Wildman–Crippen LogP) is 4.17. The Balaban J connectivity index is 1.87. The summed E-state index contributed by atoms with van der Waals surface area (Å²) in [7, 11) is 0. The van der Waals surface area contributed by atoms with Crippen molar-refractivity contribution >= 4 is 23.6 Å². The van der Waals surface area contributed by atoms with Crippen molar-refractivity contribution in [3.63, 3.8) is 0 Å². The molecule has 148 valence electrons. The van der Waals surface area contributed by atoms with Gasteiger partial charge in [0.15, 0.2) is 17.5 Å². The summed E-state index contributed by atoms with van der Waals surface area (Å²) in [6.45, 7) is 5.85. The van der Waals surface area contributed by atoms with Gasteiger partial charge < -0.3 is 10.6 Å². The SMILES string of the molecule is CC(C)(C)c1ccc(/C=C/C(=O)NCC(=O)Nc2ccc(F)c(F)c2F)cc1. The van der Waals surface area contributed by atoms with Gasteiger partial charge in [0.2, 0.25) is 11.8 Å². The monoisotopic (exact) mass is 390 g/mol. The second-order valence-electron chi connectivity index (χ2n) is 7.19. The molecular weight excluding hydrogens is 369 g/mol. The van der Waals surface area contributed by atoms with E-state index < -0.39 is 41.5 Å². The molecule has 0 fully saturated rings. The van der Waals surface area contributed by atoms with Crippen molar-refractivity contribution < 1.29 is 22.8 Å². The van der Waals surface area contributed by atoms with E-state index in [1.165, 1.54) is 6.08 Å². The maximum Gasteiger partial charge on any atom is 0.244 e. The molecular formula is C21H21F3N2O2. The molecule has 0 aliphatic rings. The van der Waals surface area contributed by atoms with Crippen LogP contribution in [0.1, 0.15) is 31.9 Å². The molecule has 0 radical (unpaired) electrons. The Morgan fingerprint density at radius 2 is 1.61 bits per heavy atom. The Morgan fingerprint density at radius 3 is 2.21 bits per heavy atom. The fourth-order valence-corrected chi connectivity index (χ4v) is 2.31. The topological polar surface area (TPSA) is 58.2 Å². The number of amides is 2. The average Bonchev–Trinajstić information content (AvgIpc) is 2.65. The Morgan fingerprint density at radius 1 is 0.964 bits per heavy atom. The number of carbonyl (C=O) groups excluding carboxylic acids is 2. The van der Waals surface area contributed by atoms with Crippen molar-refractivity contribution in [2.75, 3.05) is 11.9 Å². The van der Waals surface area contributed by atoms with Crippen LogP contribution in [0.25, 0.3) is 6.08 Å². The fourth-order valence-electron chi connectivity index (χ4n) is 2.31. The molecule has 0 spiro atoms. The fraction of sp³-hybridized carbons (Fsp3) is 0.238. The zero-order chi connectivity index (χ0) is 20.9. The van der Waals surface area contributed by atoms with Crippen molar-refractivity contribution in [2.45, 2.75) is 26.2 Å². The van der Waals surface area contributed by atoms with Crippen molar-refractivity contribution in [2.24, 2.45) is 0 Å². The molecule has 2 aromatic carbocycles. The van der Waals surface area contributed by atoms with Gasteiger partial charge >= 0.3 is 0 Å². The van der Waals surface area contributed by atoms with Gasteiger partial charge in [0, 0.05) is 6.08 Å². The van der Waals surface area contributed by atoms with Gasteiger partial charge in [0.1, 0.15) is 0 Å². The maximum absolute atomic E-state index is 13.5. The van der Waals surface area contributed by atoms with Gasteiger partial charge in [-0.15, -0.1) is 0 Å². The van der Waals surface area contributed by atoms with Crippen LogP contribution in [0.3, 0.4) is 0 Å². The summed E-state index contributed by atoms with van der Waals surface area (Å²) in [4.78, 5) is 23.5. The van der Waals surface area contributed by atoms with Gasteiger partial charge in [-0.3, -0.25) is 9.59 Å². The Labute approximate surface area is 161 Å². The van der Waals surface area contributed by atoms with Crippen LogP contribution in [-0.4, -0.2) is 18.4 Å². The molecule has 0 aliphatic heterocycles. The summed E-state index contributed by atoms with van der Waals surface area (Å²) in [5, 5.41) is 4.39. The lowest BCUT2D eigenvalue weighted by atomic mass is 9.87. The van der Waals surface area contributed by atoms with Gasteiger partial charge in [-0.05, 0) is 34.8 Å². The highest BCUT2D eigenvalue weighted by molar-refractivity contribution is 5.98. The van der Waals surface area contributed by atoms with E-state index in [9.17, 15) is 22.8 Å². The minimum atomic E-state index is -1.68. The van der Waals surface area contributed by atoms with Gasteiger partial charge in [-0.1, -0.05) is 45.0 Å². The number of rotatable bonds is 5. The first-order valence-electron chi connectivity index (χ1n) is 8.58. The number of benzene rings is 2. The quantitative estimate of drug-likeness (QED) is 0.595. The van der Waals surface area contributed by atoms with Crippen LogP contribution in [0.5, 0.6) is 0 Å². The molecule has 28 heavy (non-hydrogen) atoms. The van der Waals surface area contributed by atoms with E-state index in [2.05, 4.69) is 31.4 Å². The van der Waals surface area contributed by atoms with Gasteiger partial charge in [0.25, 0.3) is 0 Å². The van der Waals surface area contributed by atoms with E-state index in [-0.39, 0.29) is 5.41 Å². The van der Waals surface area contributed by atoms with Crippen LogP contribution in [0.15, 0.2) is 42.5 Å². The lowest BCUT2D eigenvalue weighted by Crippen LogP contribution is -2.32. The number of carbonyl (C=O) groups is 2. The molecule has 0 bridgehead atoms. The summed E-state index contributed by atoms with van der Waals surface area (Å²) < 4.78 is 39.5. The number of nitrogens with one attached hydrogen (secondary N) is 2. The van der Waals surface area contributed by atoms with Crippen LogP contribution >= 0.6 is 0 Å². The molecule has 0 heterocycles. The third kappa shape index (κ3) is 5.70. The molecule has 0 aromatic heterocycles. The first-order chi connectivity index (χ1) is 13.1. The normalized spacial score (nSPS) is 11.5. The molecule has 2 amide bonds. The van der Waals surface area contributed by atoms with Crippen LogP contribution < -0.4 is 10.6 Å². The zero-order valence-electron chi connectivity index (χ0n) is 15.8. The molecule has 2 N–H and O–H groups in total. The average molecular weight is 390 g/mol. The minimum absolute atomic E-state index is 0.0277. The highest BCUT2D eigenvalue weighted by Crippen LogP contribution is 2.22. The molecule has 0 unspecified atom stereocenters. The van der Waals surface area contributed by atoms with E-state index in [4.69, 9.17) is 0 Å². The first-order valence-corrected chi connectivity index (χ1v) is 8.58. The molecule has 0 saturated heterocycles.